The molecule has 0 bridgehead atoms. The number of imidazole rings is 1. The van der Waals surface area contributed by atoms with Gasteiger partial charge in [0.25, 0.3) is 0 Å². The molecule has 5 aromatic rings. The van der Waals surface area contributed by atoms with Gasteiger partial charge in [-0.2, -0.15) is 5.10 Å². The molecule has 0 saturated carbocycles. The van der Waals surface area contributed by atoms with Crippen molar-refractivity contribution in [3.63, 3.8) is 0 Å². The van der Waals surface area contributed by atoms with Crippen molar-refractivity contribution in [3.8, 4) is 11.3 Å². The zero-order chi connectivity index (χ0) is 22.7. The zero-order valence-electron chi connectivity index (χ0n) is 18.2. The predicted octanol–water partition coefficient (Wildman–Crippen LogP) is 4.72. The fourth-order valence-electron chi connectivity index (χ4n) is 4.85. The van der Waals surface area contributed by atoms with Gasteiger partial charge in [0.1, 0.15) is 17.5 Å². The summed E-state index contributed by atoms with van der Waals surface area (Å²) in [6.45, 7) is 2.11. The summed E-state index contributed by atoms with van der Waals surface area (Å²) in [6, 6.07) is 11.0. The van der Waals surface area contributed by atoms with E-state index in [1.807, 2.05) is 31.7 Å². The number of halogens is 2. The summed E-state index contributed by atoms with van der Waals surface area (Å²) in [5.74, 6) is 0.223. The van der Waals surface area contributed by atoms with Crippen LogP contribution >= 0.6 is 0 Å². The van der Waals surface area contributed by atoms with E-state index in [-0.39, 0.29) is 17.7 Å². The summed E-state index contributed by atoms with van der Waals surface area (Å²) in [5.41, 5.74) is 4.96. The van der Waals surface area contributed by atoms with Crippen LogP contribution in [0.3, 0.4) is 0 Å². The molecule has 0 spiro atoms. The summed E-state index contributed by atoms with van der Waals surface area (Å²) in [6.07, 6.45) is 6.31. The molecule has 2 unspecified atom stereocenters. The number of rotatable bonds is 3. The highest BCUT2D eigenvalue weighted by Crippen LogP contribution is 2.41. The maximum atomic E-state index is 13.9. The highest BCUT2D eigenvalue weighted by molar-refractivity contribution is 5.85. The molecule has 0 amide bonds. The third-order valence-electron chi connectivity index (χ3n) is 6.48. The van der Waals surface area contributed by atoms with Crippen LogP contribution in [0.1, 0.15) is 35.6 Å². The molecular weight excluding hydrogens is 422 g/mol. The predicted molar refractivity (Wildman–Crippen MR) is 121 cm³/mol. The second-order valence-electron chi connectivity index (χ2n) is 8.88. The Balaban J connectivity index is 1.47. The first kappa shape index (κ1) is 19.9. The average molecular weight is 444 g/mol. The SMILES string of the molecule is Cn1cc(C2NC(C)(c3nc(-c4ccc(F)cc4)c[nH]3)Cc3c2[nH]c2cc(F)ccc32)cn1. The van der Waals surface area contributed by atoms with Gasteiger partial charge in [-0.25, -0.2) is 13.8 Å². The van der Waals surface area contributed by atoms with Gasteiger partial charge in [0.2, 0.25) is 0 Å². The van der Waals surface area contributed by atoms with E-state index in [0.29, 0.717) is 6.42 Å². The number of aryl methyl sites for hydroxylation is 1. The van der Waals surface area contributed by atoms with Gasteiger partial charge in [-0.1, -0.05) is 0 Å². The molecule has 2 atom stereocenters. The zero-order valence-corrected chi connectivity index (χ0v) is 18.2. The molecule has 1 aliphatic rings. The minimum Gasteiger partial charge on any atom is -0.356 e. The normalized spacial score (nSPS) is 20.3. The number of benzene rings is 2. The van der Waals surface area contributed by atoms with Crippen LogP contribution in [0.4, 0.5) is 8.78 Å². The highest BCUT2D eigenvalue weighted by Gasteiger charge is 2.41. The second kappa shape index (κ2) is 7.11. The largest absolute Gasteiger partial charge is 0.356 e. The molecule has 166 valence electrons. The molecule has 8 heteroatoms. The smallest absolute Gasteiger partial charge is 0.127 e. The molecule has 0 aliphatic carbocycles. The molecule has 6 rings (SSSR count). The van der Waals surface area contributed by atoms with E-state index < -0.39 is 5.54 Å². The van der Waals surface area contributed by atoms with Gasteiger partial charge >= 0.3 is 0 Å². The second-order valence-corrected chi connectivity index (χ2v) is 8.88. The number of hydrogen-bond donors (Lipinski definition) is 3. The summed E-state index contributed by atoms with van der Waals surface area (Å²) in [5, 5.41) is 9.10. The lowest BCUT2D eigenvalue weighted by Gasteiger charge is -2.38. The first-order valence-corrected chi connectivity index (χ1v) is 10.8. The highest BCUT2D eigenvalue weighted by atomic mass is 19.1. The van der Waals surface area contributed by atoms with E-state index >= 15 is 0 Å². The minimum absolute atomic E-state index is 0.178. The average Bonchev–Trinajstić information content (AvgIpc) is 3.52. The summed E-state index contributed by atoms with van der Waals surface area (Å²) >= 11 is 0. The fourth-order valence-corrected chi connectivity index (χ4v) is 4.85. The molecule has 33 heavy (non-hydrogen) atoms. The molecule has 3 aromatic heterocycles. The monoisotopic (exact) mass is 444 g/mol. The van der Waals surface area contributed by atoms with Gasteiger partial charge in [-0.05, 0) is 55.0 Å². The van der Waals surface area contributed by atoms with E-state index in [1.165, 1.54) is 24.3 Å². The van der Waals surface area contributed by atoms with E-state index in [9.17, 15) is 8.78 Å². The van der Waals surface area contributed by atoms with Crippen molar-refractivity contribution >= 4 is 10.9 Å². The van der Waals surface area contributed by atoms with Gasteiger partial charge in [0.15, 0.2) is 0 Å². The minimum atomic E-state index is -0.532. The van der Waals surface area contributed by atoms with Crippen molar-refractivity contribution < 1.29 is 8.78 Å². The molecule has 0 saturated heterocycles. The Hall–Kier alpha value is -3.78. The molecule has 1 aliphatic heterocycles. The van der Waals surface area contributed by atoms with Crippen LogP contribution in [-0.4, -0.2) is 24.7 Å². The number of aromatic amines is 2. The van der Waals surface area contributed by atoms with Crippen LogP contribution in [0.15, 0.2) is 61.1 Å². The molecule has 0 fully saturated rings. The third-order valence-corrected chi connectivity index (χ3v) is 6.48. The number of nitrogens with zero attached hydrogens (tertiary/aromatic N) is 3. The van der Waals surface area contributed by atoms with Crippen LogP contribution in [-0.2, 0) is 19.0 Å². The Morgan fingerprint density at radius 2 is 1.88 bits per heavy atom. The standard InChI is InChI=1S/C25H22F2N6/c1-25(24-28-12-21(31-24)14-3-5-16(26)6-4-14)10-19-18-8-7-17(27)9-20(18)30-23(19)22(32-25)15-11-29-33(2)13-15/h3-9,11-13,22,30,32H,10H2,1-2H3,(H,28,31). The lowest BCUT2D eigenvalue weighted by Crippen LogP contribution is -2.48. The first-order valence-electron chi connectivity index (χ1n) is 10.8. The Morgan fingerprint density at radius 3 is 2.64 bits per heavy atom. The maximum absolute atomic E-state index is 13.9. The van der Waals surface area contributed by atoms with Crippen molar-refractivity contribution in [2.24, 2.45) is 7.05 Å². The van der Waals surface area contributed by atoms with Gasteiger partial charge in [-0.3, -0.25) is 10.00 Å². The van der Waals surface area contributed by atoms with Gasteiger partial charge < -0.3 is 9.97 Å². The van der Waals surface area contributed by atoms with Crippen LogP contribution in [0.5, 0.6) is 0 Å². The summed E-state index contributed by atoms with van der Waals surface area (Å²) in [7, 11) is 1.88. The van der Waals surface area contributed by atoms with E-state index in [2.05, 4.69) is 27.3 Å². The molecule has 4 heterocycles. The first-order chi connectivity index (χ1) is 15.9. The molecular formula is C25H22F2N6. The van der Waals surface area contributed by atoms with Crippen molar-refractivity contribution in [1.29, 1.82) is 0 Å². The van der Waals surface area contributed by atoms with E-state index in [4.69, 9.17) is 4.98 Å². The number of nitrogens with one attached hydrogen (secondary N) is 3. The maximum Gasteiger partial charge on any atom is 0.127 e. The van der Waals surface area contributed by atoms with Gasteiger partial charge in [0, 0.05) is 53.6 Å². The number of fused-ring (bicyclic) bond motifs is 3. The lowest BCUT2D eigenvalue weighted by atomic mass is 9.82. The van der Waals surface area contributed by atoms with Gasteiger partial charge in [-0.15, -0.1) is 0 Å². The Morgan fingerprint density at radius 1 is 1.09 bits per heavy atom. The topological polar surface area (TPSA) is 74.3 Å². The molecule has 2 aromatic carbocycles. The number of aromatic nitrogens is 5. The molecule has 0 radical (unpaired) electrons. The molecule has 6 nitrogen and oxygen atoms in total. The Labute approximate surface area is 188 Å². The molecule has 3 N–H and O–H groups in total. The van der Waals surface area contributed by atoms with Crippen molar-refractivity contribution in [2.75, 3.05) is 0 Å². The van der Waals surface area contributed by atoms with E-state index in [1.54, 1.807) is 16.8 Å². The van der Waals surface area contributed by atoms with Crippen molar-refractivity contribution in [2.45, 2.75) is 24.9 Å². The lowest BCUT2D eigenvalue weighted by molar-refractivity contribution is 0.296. The van der Waals surface area contributed by atoms with Crippen LogP contribution in [0, 0.1) is 11.6 Å². The van der Waals surface area contributed by atoms with Crippen LogP contribution in [0.25, 0.3) is 22.2 Å². The quantitative estimate of drug-likeness (QED) is 0.377. The fraction of sp³-hybridized carbons (Fsp3) is 0.200. The van der Waals surface area contributed by atoms with Gasteiger partial charge in [0.05, 0.1) is 23.5 Å². The van der Waals surface area contributed by atoms with Crippen LogP contribution in [0.2, 0.25) is 0 Å². The Kier molecular flexibility index (Phi) is 4.28. The number of H-pyrrole nitrogens is 2. The van der Waals surface area contributed by atoms with Crippen LogP contribution < -0.4 is 5.32 Å². The Bertz CT molecular complexity index is 1480. The van der Waals surface area contributed by atoms with Crippen molar-refractivity contribution in [3.05, 3.63) is 95.3 Å². The van der Waals surface area contributed by atoms with Crippen molar-refractivity contribution in [1.82, 2.24) is 30.0 Å². The summed E-state index contributed by atoms with van der Waals surface area (Å²) in [4.78, 5) is 11.6. The van der Waals surface area contributed by atoms with E-state index in [0.717, 1.165) is 44.8 Å². The number of hydrogen-bond acceptors (Lipinski definition) is 3. The third kappa shape index (κ3) is 3.25. The summed E-state index contributed by atoms with van der Waals surface area (Å²) < 4.78 is 29.1.